The molecule has 152 valence electrons. The van der Waals surface area contributed by atoms with E-state index in [0.29, 0.717) is 23.7 Å². The molecule has 1 aromatic heterocycles. The molecule has 0 spiro atoms. The molecule has 2 heterocycles. The van der Waals surface area contributed by atoms with Crippen LogP contribution in [0.15, 0.2) is 54.4 Å². The maximum absolute atomic E-state index is 12.9. The number of hydrogen-bond donors (Lipinski definition) is 1. The Bertz CT molecular complexity index is 909. The summed E-state index contributed by atoms with van der Waals surface area (Å²) in [5.74, 6) is -1.49. The Balaban J connectivity index is 2.06. The van der Waals surface area contributed by atoms with Crippen molar-refractivity contribution in [2.24, 2.45) is 0 Å². The molecule has 3 rings (SSSR count). The molecule has 7 heteroatoms. The molecule has 6 nitrogen and oxygen atoms in total. The molecule has 0 saturated carbocycles. The summed E-state index contributed by atoms with van der Waals surface area (Å²) in [4.78, 5) is 33.5. The first-order valence-electron chi connectivity index (χ1n) is 9.64. The van der Waals surface area contributed by atoms with Crippen molar-refractivity contribution in [3.8, 4) is 0 Å². The van der Waals surface area contributed by atoms with Crippen LogP contribution in [-0.2, 0) is 9.59 Å². The Kier molecular flexibility index (Phi) is 6.67. The number of halogens is 1. The van der Waals surface area contributed by atoms with Gasteiger partial charge in [0.2, 0.25) is 0 Å². The first-order valence-corrected chi connectivity index (χ1v) is 10.0. The zero-order chi connectivity index (χ0) is 21.0. The molecule has 0 aliphatic carbocycles. The summed E-state index contributed by atoms with van der Waals surface area (Å²) in [7, 11) is 0. The number of ketones is 1. The van der Waals surface area contributed by atoms with Crippen LogP contribution in [0.5, 0.6) is 0 Å². The van der Waals surface area contributed by atoms with Crippen LogP contribution in [0.1, 0.15) is 31.0 Å². The molecule has 1 aliphatic heterocycles. The van der Waals surface area contributed by atoms with Crippen molar-refractivity contribution < 1.29 is 14.7 Å². The van der Waals surface area contributed by atoms with Crippen molar-refractivity contribution in [3.05, 3.63) is 70.5 Å². The fourth-order valence-electron chi connectivity index (χ4n) is 3.56. The van der Waals surface area contributed by atoms with Gasteiger partial charge in [-0.2, -0.15) is 0 Å². The molecule has 1 N–H and O–H groups in total. The van der Waals surface area contributed by atoms with Crippen LogP contribution in [-0.4, -0.2) is 57.8 Å². The molecule has 1 aliphatic rings. The highest BCUT2D eigenvalue weighted by Crippen LogP contribution is 2.39. The highest BCUT2D eigenvalue weighted by atomic mass is 35.5. The number of rotatable bonds is 7. The average Bonchev–Trinajstić information content (AvgIpc) is 3.00. The molecule has 0 radical (unpaired) electrons. The van der Waals surface area contributed by atoms with Gasteiger partial charge in [0, 0.05) is 36.1 Å². The number of Topliss-reactive ketones (excluding diaryl/α,β-unsaturated/α-hetero) is 1. The molecule has 1 amide bonds. The minimum atomic E-state index is -0.682. The van der Waals surface area contributed by atoms with Crippen LogP contribution in [0.2, 0.25) is 5.02 Å². The Morgan fingerprint density at radius 3 is 2.31 bits per heavy atom. The predicted molar refractivity (Wildman–Crippen MR) is 112 cm³/mol. The zero-order valence-corrected chi connectivity index (χ0v) is 17.3. The van der Waals surface area contributed by atoms with Crippen molar-refractivity contribution in [1.82, 2.24) is 14.8 Å². The van der Waals surface area contributed by atoms with Crippen molar-refractivity contribution >= 4 is 29.1 Å². The fourth-order valence-corrected chi connectivity index (χ4v) is 3.68. The van der Waals surface area contributed by atoms with E-state index >= 15 is 0 Å². The van der Waals surface area contributed by atoms with Crippen LogP contribution < -0.4 is 0 Å². The summed E-state index contributed by atoms with van der Waals surface area (Å²) in [6, 6.07) is 9.38. The number of aromatic nitrogens is 1. The molecule has 2 aromatic rings. The second-order valence-corrected chi connectivity index (χ2v) is 7.24. The molecular formula is C22H24ClN3O3. The van der Waals surface area contributed by atoms with Crippen molar-refractivity contribution in [2.45, 2.75) is 19.9 Å². The van der Waals surface area contributed by atoms with Gasteiger partial charge in [-0.3, -0.25) is 14.6 Å². The normalized spacial score (nSPS) is 18.6. The van der Waals surface area contributed by atoms with Crippen LogP contribution in [0.3, 0.4) is 0 Å². The standard InChI is InChI=1S/C22H24ClN3O3/c1-3-25(4-2)13-14-26-19(15-9-11-24-12-10-15)18(21(28)22(26)29)20(27)16-5-7-17(23)8-6-16/h5-12,19,27H,3-4,13-14H2,1-2H3/t19-/m0/s1. The molecule has 1 fully saturated rings. The summed E-state index contributed by atoms with van der Waals surface area (Å²) in [6.45, 7) is 6.84. The molecular weight excluding hydrogens is 390 g/mol. The van der Waals surface area contributed by atoms with Crippen molar-refractivity contribution in [3.63, 3.8) is 0 Å². The van der Waals surface area contributed by atoms with E-state index in [0.717, 1.165) is 18.7 Å². The lowest BCUT2D eigenvalue weighted by molar-refractivity contribution is -0.140. The Morgan fingerprint density at radius 1 is 1.10 bits per heavy atom. The van der Waals surface area contributed by atoms with E-state index in [4.69, 9.17) is 11.6 Å². The minimum absolute atomic E-state index is 0.0862. The maximum Gasteiger partial charge on any atom is 0.295 e. The minimum Gasteiger partial charge on any atom is -0.507 e. The SMILES string of the molecule is CCN(CC)CCN1C(=O)C(=O)C(=C(O)c2ccc(Cl)cc2)[C@@H]1c1ccncc1. The summed E-state index contributed by atoms with van der Waals surface area (Å²) in [5, 5.41) is 11.4. The smallest absolute Gasteiger partial charge is 0.295 e. The number of aliphatic hydroxyl groups is 1. The third kappa shape index (κ3) is 4.33. The number of carbonyl (C=O) groups is 2. The Labute approximate surface area is 175 Å². The topological polar surface area (TPSA) is 73.7 Å². The van der Waals surface area contributed by atoms with E-state index in [-0.39, 0.29) is 11.3 Å². The van der Waals surface area contributed by atoms with Crippen LogP contribution in [0, 0.1) is 0 Å². The third-order valence-corrected chi connectivity index (χ3v) is 5.48. The average molecular weight is 414 g/mol. The molecule has 1 atom stereocenters. The van der Waals surface area contributed by atoms with Crippen LogP contribution in [0.4, 0.5) is 0 Å². The summed E-state index contributed by atoms with van der Waals surface area (Å²) in [5.41, 5.74) is 1.26. The third-order valence-electron chi connectivity index (χ3n) is 5.23. The van der Waals surface area contributed by atoms with Gasteiger partial charge in [-0.1, -0.05) is 25.4 Å². The molecule has 1 saturated heterocycles. The Hall–Kier alpha value is -2.70. The molecule has 0 unspecified atom stereocenters. The van der Waals surface area contributed by atoms with E-state index in [9.17, 15) is 14.7 Å². The first kappa shape index (κ1) is 21.0. The lowest BCUT2D eigenvalue weighted by Gasteiger charge is -2.28. The largest absolute Gasteiger partial charge is 0.507 e. The quantitative estimate of drug-likeness (QED) is 0.427. The number of carbonyl (C=O) groups excluding carboxylic acids is 2. The summed E-state index contributed by atoms with van der Waals surface area (Å²) < 4.78 is 0. The number of likely N-dealkylation sites (tertiary alicyclic amines) is 1. The second kappa shape index (κ2) is 9.20. The lowest BCUT2D eigenvalue weighted by Crippen LogP contribution is -2.38. The Morgan fingerprint density at radius 2 is 1.72 bits per heavy atom. The number of amides is 1. The van der Waals surface area contributed by atoms with E-state index in [1.165, 1.54) is 4.90 Å². The van der Waals surface area contributed by atoms with Gasteiger partial charge in [-0.15, -0.1) is 0 Å². The van der Waals surface area contributed by atoms with Gasteiger partial charge >= 0.3 is 0 Å². The zero-order valence-electron chi connectivity index (χ0n) is 16.5. The predicted octanol–water partition coefficient (Wildman–Crippen LogP) is 3.50. The van der Waals surface area contributed by atoms with Gasteiger partial charge in [0.05, 0.1) is 11.6 Å². The number of nitrogens with zero attached hydrogens (tertiary/aromatic N) is 3. The maximum atomic E-state index is 12.9. The summed E-state index contributed by atoms with van der Waals surface area (Å²) in [6.07, 6.45) is 3.23. The number of aliphatic hydroxyl groups excluding tert-OH is 1. The number of likely N-dealkylation sites (N-methyl/N-ethyl adjacent to an activating group) is 1. The monoisotopic (exact) mass is 413 g/mol. The second-order valence-electron chi connectivity index (χ2n) is 6.81. The van der Waals surface area contributed by atoms with Gasteiger partial charge in [0.1, 0.15) is 5.76 Å². The van der Waals surface area contributed by atoms with Crippen molar-refractivity contribution in [2.75, 3.05) is 26.2 Å². The number of hydrogen-bond acceptors (Lipinski definition) is 5. The van der Waals surface area contributed by atoms with Gasteiger partial charge < -0.3 is 14.9 Å². The van der Waals surface area contributed by atoms with E-state index in [1.54, 1.807) is 48.8 Å². The lowest BCUT2D eigenvalue weighted by atomic mass is 9.96. The highest BCUT2D eigenvalue weighted by Gasteiger charge is 2.45. The fraction of sp³-hybridized carbons (Fsp3) is 0.318. The van der Waals surface area contributed by atoms with Gasteiger partial charge in [-0.05, 0) is 55.1 Å². The van der Waals surface area contributed by atoms with Crippen LogP contribution >= 0.6 is 11.6 Å². The molecule has 1 aromatic carbocycles. The van der Waals surface area contributed by atoms with Gasteiger partial charge in [-0.25, -0.2) is 0 Å². The van der Waals surface area contributed by atoms with E-state index < -0.39 is 17.7 Å². The number of benzene rings is 1. The van der Waals surface area contributed by atoms with Gasteiger partial charge in [0.25, 0.3) is 11.7 Å². The molecule has 29 heavy (non-hydrogen) atoms. The van der Waals surface area contributed by atoms with E-state index in [2.05, 4.69) is 23.7 Å². The number of pyridine rings is 1. The molecule has 0 bridgehead atoms. The van der Waals surface area contributed by atoms with Crippen LogP contribution in [0.25, 0.3) is 5.76 Å². The summed E-state index contributed by atoms with van der Waals surface area (Å²) >= 11 is 5.94. The first-order chi connectivity index (χ1) is 14.0. The van der Waals surface area contributed by atoms with Crippen molar-refractivity contribution in [1.29, 1.82) is 0 Å². The highest BCUT2D eigenvalue weighted by molar-refractivity contribution is 6.46. The van der Waals surface area contributed by atoms with E-state index in [1.807, 2.05) is 0 Å². The van der Waals surface area contributed by atoms with Gasteiger partial charge in [0.15, 0.2) is 0 Å².